The highest BCUT2D eigenvalue weighted by molar-refractivity contribution is 5.76. The molecular weight excluding hydrogens is 446 g/mol. The number of carbonyl (C=O) groups is 1. The third-order valence-corrected chi connectivity index (χ3v) is 6.58. The maximum atomic E-state index is 12.2. The summed E-state index contributed by atoms with van der Waals surface area (Å²) in [4.78, 5) is 12.2. The Bertz CT molecular complexity index is 556. The molecule has 36 heavy (non-hydrogen) atoms. The van der Waals surface area contributed by atoms with Crippen LogP contribution in [-0.2, 0) is 4.79 Å². The minimum Gasteiger partial charge on any atom is -0.394 e. The van der Waals surface area contributed by atoms with Crippen molar-refractivity contribution in [1.29, 1.82) is 0 Å². The fourth-order valence-electron chi connectivity index (χ4n) is 4.19. The lowest BCUT2D eigenvalue weighted by Crippen LogP contribution is -2.45. The van der Waals surface area contributed by atoms with Crippen molar-refractivity contribution in [2.45, 2.75) is 154 Å². The van der Waals surface area contributed by atoms with Crippen molar-refractivity contribution in [2.24, 2.45) is 0 Å². The quantitative estimate of drug-likeness (QED) is 0.0817. The van der Waals surface area contributed by atoms with Crippen molar-refractivity contribution in [3.63, 3.8) is 0 Å². The highest BCUT2D eigenvalue weighted by Gasteiger charge is 2.17. The molecule has 0 saturated carbocycles. The van der Waals surface area contributed by atoms with Gasteiger partial charge in [-0.05, 0) is 51.4 Å². The topological polar surface area (TPSA) is 69.6 Å². The van der Waals surface area contributed by atoms with Crippen molar-refractivity contribution in [2.75, 3.05) is 6.61 Å². The predicted octanol–water partition coefficient (Wildman–Crippen LogP) is 8.33. The van der Waals surface area contributed by atoms with Crippen LogP contribution >= 0.6 is 0 Å². The van der Waals surface area contributed by atoms with Crippen molar-refractivity contribution in [1.82, 2.24) is 5.32 Å². The van der Waals surface area contributed by atoms with E-state index in [0.29, 0.717) is 6.42 Å². The molecule has 0 aliphatic carbocycles. The van der Waals surface area contributed by atoms with Crippen LogP contribution in [0.1, 0.15) is 142 Å². The summed E-state index contributed by atoms with van der Waals surface area (Å²) >= 11 is 0. The molecule has 3 N–H and O–H groups in total. The molecule has 4 heteroatoms. The second-order valence-electron chi connectivity index (χ2n) is 10.2. The minimum atomic E-state index is -0.860. The Labute approximate surface area is 223 Å². The largest absolute Gasteiger partial charge is 0.394 e. The van der Waals surface area contributed by atoms with E-state index < -0.39 is 12.1 Å². The number of rotatable bonds is 26. The fraction of sp³-hybridized carbons (Fsp3) is 0.781. The van der Waals surface area contributed by atoms with Gasteiger partial charge in [0.1, 0.15) is 0 Å². The molecule has 0 aromatic rings. The molecule has 4 nitrogen and oxygen atoms in total. The van der Waals surface area contributed by atoms with Gasteiger partial charge in [0.05, 0.1) is 18.8 Å². The molecule has 0 aromatic heterocycles. The molecule has 2 unspecified atom stereocenters. The first-order valence-electron chi connectivity index (χ1n) is 15.2. The predicted molar refractivity (Wildman–Crippen MR) is 156 cm³/mol. The average Bonchev–Trinajstić information content (AvgIpc) is 2.88. The standard InChI is InChI=1S/C32H59NO3/c1-3-5-7-9-11-13-15-16-17-18-19-21-23-25-27-31(35)30(29-34)33-32(36)28-26-24-22-20-14-12-10-8-6-4-2/h8,10,18-19,25,27,30-31,34-35H,3-7,9,11-17,20-24,26,28-29H2,1-2H3,(H,33,36)/b10-8-,19-18+,27-25+. The van der Waals surface area contributed by atoms with Gasteiger partial charge in [-0.25, -0.2) is 0 Å². The SMILES string of the molecule is CCC/C=C\CCCCCCCC(=O)NC(CO)C(O)/C=C/CC/C=C/CCCCCCCCCC. The zero-order valence-corrected chi connectivity index (χ0v) is 23.8. The van der Waals surface area contributed by atoms with Crippen LogP contribution in [0.15, 0.2) is 36.5 Å². The van der Waals surface area contributed by atoms with Crippen molar-refractivity contribution in [3.8, 4) is 0 Å². The Morgan fingerprint density at radius 2 is 1.14 bits per heavy atom. The Morgan fingerprint density at radius 1 is 0.639 bits per heavy atom. The number of nitrogens with one attached hydrogen (secondary N) is 1. The van der Waals surface area contributed by atoms with E-state index in [-0.39, 0.29) is 12.5 Å². The number of amides is 1. The number of carbonyl (C=O) groups excluding carboxylic acids is 1. The summed E-state index contributed by atoms with van der Waals surface area (Å²) in [6, 6.07) is -0.638. The number of hydrogen-bond acceptors (Lipinski definition) is 3. The molecule has 0 heterocycles. The van der Waals surface area contributed by atoms with Crippen LogP contribution in [0.25, 0.3) is 0 Å². The van der Waals surface area contributed by atoms with Crippen LogP contribution in [0, 0.1) is 0 Å². The van der Waals surface area contributed by atoms with E-state index in [1.165, 1.54) is 77.0 Å². The third kappa shape index (κ3) is 24.3. The number of hydrogen-bond donors (Lipinski definition) is 3. The second kappa shape index (κ2) is 28.2. The summed E-state index contributed by atoms with van der Waals surface area (Å²) in [6.07, 6.45) is 35.0. The molecule has 0 radical (unpaired) electrons. The van der Waals surface area contributed by atoms with Crippen LogP contribution in [-0.4, -0.2) is 34.9 Å². The van der Waals surface area contributed by atoms with Crippen LogP contribution in [0.3, 0.4) is 0 Å². The Balaban J connectivity index is 3.77. The van der Waals surface area contributed by atoms with Gasteiger partial charge in [-0.1, -0.05) is 121 Å². The summed E-state index contributed by atoms with van der Waals surface area (Å²) in [5, 5.41) is 22.7. The number of aliphatic hydroxyl groups is 2. The van der Waals surface area contributed by atoms with Crippen LogP contribution in [0.2, 0.25) is 0 Å². The molecule has 1 amide bonds. The lowest BCUT2D eigenvalue weighted by molar-refractivity contribution is -0.123. The molecule has 0 aromatic carbocycles. The molecule has 2 atom stereocenters. The number of allylic oxidation sites excluding steroid dienone is 5. The fourth-order valence-corrected chi connectivity index (χ4v) is 4.19. The molecule has 0 saturated heterocycles. The Kier molecular flexibility index (Phi) is 27.1. The Hall–Kier alpha value is -1.39. The lowest BCUT2D eigenvalue weighted by atomic mass is 10.1. The van der Waals surface area contributed by atoms with Gasteiger partial charge in [0.25, 0.3) is 0 Å². The maximum Gasteiger partial charge on any atom is 0.220 e. The first kappa shape index (κ1) is 34.6. The summed E-state index contributed by atoms with van der Waals surface area (Å²) in [5.74, 6) is -0.0899. The monoisotopic (exact) mass is 505 g/mol. The van der Waals surface area contributed by atoms with Crippen LogP contribution in [0.5, 0.6) is 0 Å². The van der Waals surface area contributed by atoms with Gasteiger partial charge < -0.3 is 15.5 Å². The molecule has 0 aliphatic heterocycles. The minimum absolute atomic E-state index is 0.0899. The molecule has 210 valence electrons. The Morgan fingerprint density at radius 3 is 1.72 bits per heavy atom. The molecular formula is C32H59NO3. The normalized spacial score (nSPS) is 13.8. The van der Waals surface area contributed by atoms with Gasteiger partial charge in [0.15, 0.2) is 0 Å². The molecule has 0 spiro atoms. The van der Waals surface area contributed by atoms with Gasteiger partial charge >= 0.3 is 0 Å². The van der Waals surface area contributed by atoms with Crippen LogP contribution < -0.4 is 5.32 Å². The molecule has 0 bridgehead atoms. The lowest BCUT2D eigenvalue weighted by Gasteiger charge is -2.19. The highest BCUT2D eigenvalue weighted by atomic mass is 16.3. The van der Waals surface area contributed by atoms with Gasteiger partial charge in [0, 0.05) is 6.42 Å². The average molecular weight is 506 g/mol. The zero-order chi connectivity index (χ0) is 26.5. The van der Waals surface area contributed by atoms with Crippen molar-refractivity contribution >= 4 is 5.91 Å². The molecule has 0 aliphatic rings. The van der Waals surface area contributed by atoms with Gasteiger partial charge in [-0.15, -0.1) is 0 Å². The van der Waals surface area contributed by atoms with E-state index in [9.17, 15) is 15.0 Å². The first-order valence-corrected chi connectivity index (χ1v) is 15.2. The zero-order valence-electron chi connectivity index (χ0n) is 23.8. The number of unbranched alkanes of at least 4 members (excludes halogenated alkanes) is 15. The van der Waals surface area contributed by atoms with E-state index in [2.05, 4.69) is 43.5 Å². The van der Waals surface area contributed by atoms with Gasteiger partial charge in [0.2, 0.25) is 5.91 Å². The molecule has 0 fully saturated rings. The number of aliphatic hydroxyl groups excluding tert-OH is 2. The van der Waals surface area contributed by atoms with Gasteiger partial charge in [-0.3, -0.25) is 4.79 Å². The van der Waals surface area contributed by atoms with E-state index in [0.717, 1.165) is 44.9 Å². The summed E-state index contributed by atoms with van der Waals surface area (Å²) < 4.78 is 0. The van der Waals surface area contributed by atoms with E-state index >= 15 is 0 Å². The van der Waals surface area contributed by atoms with E-state index in [1.807, 2.05) is 6.08 Å². The molecule has 0 rings (SSSR count). The van der Waals surface area contributed by atoms with Crippen LogP contribution in [0.4, 0.5) is 0 Å². The summed E-state index contributed by atoms with van der Waals surface area (Å²) in [7, 11) is 0. The van der Waals surface area contributed by atoms with Gasteiger partial charge in [-0.2, -0.15) is 0 Å². The highest BCUT2D eigenvalue weighted by Crippen LogP contribution is 2.11. The second-order valence-corrected chi connectivity index (χ2v) is 10.2. The third-order valence-electron chi connectivity index (χ3n) is 6.58. The van der Waals surface area contributed by atoms with Crippen molar-refractivity contribution < 1.29 is 15.0 Å². The van der Waals surface area contributed by atoms with Crippen molar-refractivity contribution in [3.05, 3.63) is 36.5 Å². The summed E-state index contributed by atoms with van der Waals surface area (Å²) in [6.45, 7) is 4.19. The van der Waals surface area contributed by atoms with E-state index in [1.54, 1.807) is 6.08 Å². The van der Waals surface area contributed by atoms with E-state index in [4.69, 9.17) is 0 Å². The summed E-state index contributed by atoms with van der Waals surface area (Å²) in [5.41, 5.74) is 0. The smallest absolute Gasteiger partial charge is 0.220 e. The maximum absolute atomic E-state index is 12.2. The first-order chi connectivity index (χ1) is 17.7.